The number of nitrogens with one attached hydrogen (secondary N) is 2. The highest BCUT2D eigenvalue weighted by molar-refractivity contribution is 5.67. The molecule has 0 aromatic carbocycles. The van der Waals surface area contributed by atoms with Crippen molar-refractivity contribution < 1.29 is 9.53 Å². The molecule has 1 unspecified atom stereocenters. The van der Waals surface area contributed by atoms with Crippen LogP contribution >= 0.6 is 0 Å². The van der Waals surface area contributed by atoms with Gasteiger partial charge in [-0.25, -0.2) is 4.79 Å². The summed E-state index contributed by atoms with van der Waals surface area (Å²) in [5, 5.41) is 10.9. The molecule has 0 radical (unpaired) electrons. The number of hydrogen-bond acceptors (Lipinski definition) is 4. The van der Waals surface area contributed by atoms with E-state index in [1.165, 1.54) is 11.3 Å². The third-order valence-electron chi connectivity index (χ3n) is 4.02. The fourth-order valence-electron chi connectivity index (χ4n) is 2.57. The van der Waals surface area contributed by atoms with E-state index in [0.29, 0.717) is 6.54 Å². The van der Waals surface area contributed by atoms with Gasteiger partial charge in [0.1, 0.15) is 5.60 Å². The van der Waals surface area contributed by atoms with E-state index in [1.54, 1.807) is 0 Å². The summed E-state index contributed by atoms with van der Waals surface area (Å²) >= 11 is 0. The van der Waals surface area contributed by atoms with E-state index in [9.17, 15) is 4.79 Å². The van der Waals surface area contributed by atoms with Crippen molar-refractivity contribution in [2.24, 2.45) is 7.05 Å². The van der Waals surface area contributed by atoms with Gasteiger partial charge in [0, 0.05) is 37.4 Å². The van der Waals surface area contributed by atoms with Crippen molar-refractivity contribution in [3.05, 3.63) is 17.0 Å². The Balaban J connectivity index is 2.57. The van der Waals surface area contributed by atoms with Gasteiger partial charge in [0.05, 0.1) is 5.69 Å². The summed E-state index contributed by atoms with van der Waals surface area (Å²) in [4.78, 5) is 11.8. The molecule has 0 saturated heterocycles. The minimum Gasteiger partial charge on any atom is -0.444 e. The van der Waals surface area contributed by atoms with Crippen molar-refractivity contribution in [2.75, 3.05) is 6.54 Å². The molecule has 24 heavy (non-hydrogen) atoms. The lowest BCUT2D eigenvalue weighted by molar-refractivity contribution is 0.0521. The molecule has 0 aliphatic heterocycles. The van der Waals surface area contributed by atoms with Gasteiger partial charge in [-0.05, 0) is 41.0 Å². The monoisotopic (exact) mass is 338 g/mol. The van der Waals surface area contributed by atoms with Crippen LogP contribution in [0.2, 0.25) is 0 Å². The first kappa shape index (κ1) is 20.5. The number of hydrogen-bond donors (Lipinski definition) is 2. The predicted octanol–water partition coefficient (Wildman–Crippen LogP) is 3.21. The molecule has 0 aliphatic carbocycles. The van der Waals surface area contributed by atoms with Crippen LogP contribution in [-0.2, 0) is 18.3 Å². The number of rotatable bonds is 8. The summed E-state index contributed by atoms with van der Waals surface area (Å²) in [6, 6.07) is 0.219. The molecule has 1 atom stereocenters. The third-order valence-corrected chi connectivity index (χ3v) is 4.02. The van der Waals surface area contributed by atoms with Crippen molar-refractivity contribution in [1.82, 2.24) is 20.4 Å². The highest BCUT2D eigenvalue weighted by Crippen LogP contribution is 2.12. The summed E-state index contributed by atoms with van der Waals surface area (Å²) in [5.74, 6) is 0. The van der Waals surface area contributed by atoms with Crippen molar-refractivity contribution >= 4 is 6.09 Å². The van der Waals surface area contributed by atoms with E-state index < -0.39 is 5.60 Å². The Kier molecular flexibility index (Phi) is 7.73. The second-order valence-corrected chi connectivity index (χ2v) is 7.38. The molecular weight excluding hydrogens is 304 g/mol. The molecule has 138 valence electrons. The Morgan fingerprint density at radius 2 is 2.00 bits per heavy atom. The molecule has 0 bridgehead atoms. The van der Waals surface area contributed by atoms with E-state index in [-0.39, 0.29) is 12.1 Å². The van der Waals surface area contributed by atoms with Crippen LogP contribution in [0.5, 0.6) is 0 Å². The smallest absolute Gasteiger partial charge is 0.407 e. The van der Waals surface area contributed by atoms with Gasteiger partial charge in [-0.15, -0.1) is 0 Å². The molecule has 1 aromatic rings. The predicted molar refractivity (Wildman–Crippen MR) is 97.1 cm³/mol. The molecule has 2 N–H and O–H groups in total. The number of unbranched alkanes of at least 4 members (excludes halogenated alkanes) is 1. The molecule has 0 aliphatic rings. The van der Waals surface area contributed by atoms with E-state index in [2.05, 4.69) is 29.6 Å². The highest BCUT2D eigenvalue weighted by Gasteiger charge is 2.18. The molecule has 0 fully saturated rings. The fourth-order valence-corrected chi connectivity index (χ4v) is 2.57. The van der Waals surface area contributed by atoms with E-state index in [4.69, 9.17) is 4.74 Å². The van der Waals surface area contributed by atoms with Gasteiger partial charge in [0.2, 0.25) is 0 Å². The number of carbonyl (C=O) groups excluding carboxylic acids is 1. The summed E-state index contributed by atoms with van der Waals surface area (Å²) < 4.78 is 7.21. The quantitative estimate of drug-likeness (QED) is 0.764. The maximum Gasteiger partial charge on any atom is 0.407 e. The van der Waals surface area contributed by atoms with E-state index in [1.807, 2.05) is 39.4 Å². The van der Waals surface area contributed by atoms with Gasteiger partial charge >= 0.3 is 6.09 Å². The molecule has 0 saturated carbocycles. The lowest BCUT2D eigenvalue weighted by Crippen LogP contribution is -2.42. The largest absolute Gasteiger partial charge is 0.444 e. The number of alkyl carbamates (subject to hydrolysis) is 1. The zero-order chi connectivity index (χ0) is 18.3. The first-order valence-corrected chi connectivity index (χ1v) is 8.83. The maximum absolute atomic E-state index is 11.8. The zero-order valence-corrected chi connectivity index (χ0v) is 16.3. The summed E-state index contributed by atoms with van der Waals surface area (Å²) in [5.41, 5.74) is 2.99. The summed E-state index contributed by atoms with van der Waals surface area (Å²) in [6.45, 7) is 13.2. The normalized spacial score (nSPS) is 13.0. The Labute approximate surface area is 146 Å². The van der Waals surface area contributed by atoms with Crippen LogP contribution in [-0.4, -0.2) is 34.1 Å². The van der Waals surface area contributed by atoms with Crippen LogP contribution in [0.25, 0.3) is 0 Å². The molecular formula is C18H34N4O2. The second kappa shape index (κ2) is 9.06. The van der Waals surface area contributed by atoms with Crippen LogP contribution < -0.4 is 10.6 Å². The second-order valence-electron chi connectivity index (χ2n) is 7.38. The average molecular weight is 338 g/mol. The molecule has 1 heterocycles. The van der Waals surface area contributed by atoms with Crippen LogP contribution in [0.1, 0.15) is 63.9 Å². The van der Waals surface area contributed by atoms with Gasteiger partial charge in [0.25, 0.3) is 0 Å². The molecule has 0 spiro atoms. The minimum atomic E-state index is -0.472. The Bertz CT molecular complexity index is 532. The first-order chi connectivity index (χ1) is 11.1. The lowest BCUT2D eigenvalue weighted by Gasteiger charge is -2.23. The Morgan fingerprint density at radius 3 is 2.50 bits per heavy atom. The van der Waals surface area contributed by atoms with Crippen molar-refractivity contribution in [3.63, 3.8) is 0 Å². The van der Waals surface area contributed by atoms with Gasteiger partial charge < -0.3 is 15.4 Å². The van der Waals surface area contributed by atoms with Crippen LogP contribution in [0.15, 0.2) is 0 Å². The summed E-state index contributed by atoms with van der Waals surface area (Å²) in [7, 11) is 1.96. The van der Waals surface area contributed by atoms with Crippen LogP contribution in [0.3, 0.4) is 0 Å². The highest BCUT2D eigenvalue weighted by atomic mass is 16.6. The average Bonchev–Trinajstić information content (AvgIpc) is 2.70. The summed E-state index contributed by atoms with van der Waals surface area (Å²) in [6.07, 6.45) is 2.92. The molecule has 6 heteroatoms. The minimum absolute atomic E-state index is 0.219. The Hall–Kier alpha value is -1.56. The van der Waals surface area contributed by atoms with Gasteiger partial charge in [-0.1, -0.05) is 19.8 Å². The third kappa shape index (κ3) is 6.91. The molecule has 6 nitrogen and oxygen atoms in total. The number of nitrogens with zero attached hydrogens (tertiary/aromatic N) is 2. The van der Waals surface area contributed by atoms with Gasteiger partial charge in [-0.2, -0.15) is 5.10 Å². The SMILES string of the molecule is CCCCC(CNC(=O)OC(C)(C)C)NCc1c(C)nn(C)c1C. The first-order valence-electron chi connectivity index (χ1n) is 8.83. The zero-order valence-electron chi connectivity index (χ0n) is 16.3. The van der Waals surface area contributed by atoms with Gasteiger partial charge in [-0.3, -0.25) is 4.68 Å². The number of aromatic nitrogens is 2. The van der Waals surface area contributed by atoms with Gasteiger partial charge in [0.15, 0.2) is 0 Å². The molecule has 1 rings (SSSR count). The topological polar surface area (TPSA) is 68.2 Å². The number of carbonyl (C=O) groups is 1. The van der Waals surface area contributed by atoms with E-state index >= 15 is 0 Å². The lowest BCUT2D eigenvalue weighted by atomic mass is 10.1. The van der Waals surface area contributed by atoms with Crippen molar-refractivity contribution in [1.29, 1.82) is 0 Å². The maximum atomic E-state index is 11.8. The Morgan fingerprint density at radius 1 is 1.33 bits per heavy atom. The molecule has 1 aromatic heterocycles. The number of ether oxygens (including phenoxy) is 1. The van der Waals surface area contributed by atoms with Crippen LogP contribution in [0.4, 0.5) is 4.79 Å². The number of amides is 1. The fraction of sp³-hybridized carbons (Fsp3) is 0.778. The number of aryl methyl sites for hydroxylation is 2. The van der Waals surface area contributed by atoms with Crippen molar-refractivity contribution in [3.8, 4) is 0 Å². The van der Waals surface area contributed by atoms with Crippen molar-refractivity contribution in [2.45, 2.75) is 79.0 Å². The standard InChI is InChI=1S/C18H34N4O2/c1-8-9-10-15(11-20-17(23)24-18(4,5)6)19-12-16-13(2)21-22(7)14(16)3/h15,19H,8-12H2,1-7H3,(H,20,23). The molecule has 1 amide bonds. The van der Waals surface area contributed by atoms with E-state index in [0.717, 1.165) is 31.5 Å². The van der Waals surface area contributed by atoms with Crippen LogP contribution in [0, 0.1) is 13.8 Å².